The second kappa shape index (κ2) is 8.55. The van der Waals surface area contributed by atoms with Gasteiger partial charge in [-0.2, -0.15) is 4.98 Å². The molecule has 162 valence electrons. The van der Waals surface area contributed by atoms with Crippen molar-refractivity contribution in [1.29, 1.82) is 0 Å². The van der Waals surface area contributed by atoms with E-state index in [1.807, 2.05) is 71.6 Å². The normalized spacial score (nSPS) is 15.8. The number of carbonyl (C=O) groups excluding carboxylic acids is 1. The third kappa shape index (κ3) is 3.89. The predicted octanol–water partition coefficient (Wildman–Crippen LogP) is 4.72. The van der Waals surface area contributed by atoms with Crippen LogP contribution in [0.2, 0.25) is 0 Å². The highest BCUT2D eigenvalue weighted by atomic mass is 16.5. The van der Waals surface area contributed by atoms with Crippen LogP contribution in [0.1, 0.15) is 34.8 Å². The van der Waals surface area contributed by atoms with Crippen molar-refractivity contribution in [1.82, 2.24) is 19.9 Å². The zero-order chi connectivity index (χ0) is 22.1. The number of benzene rings is 3. The van der Waals surface area contributed by atoms with Crippen molar-refractivity contribution < 1.29 is 9.32 Å². The predicted molar refractivity (Wildman–Crippen MR) is 124 cm³/mol. The van der Waals surface area contributed by atoms with Crippen LogP contribution in [-0.2, 0) is 0 Å². The highest BCUT2D eigenvalue weighted by Gasteiger charge is 2.28. The molecule has 1 saturated heterocycles. The maximum atomic E-state index is 13.2. The minimum absolute atomic E-state index is 0.00324. The van der Waals surface area contributed by atoms with Gasteiger partial charge in [0.25, 0.3) is 5.91 Å². The highest BCUT2D eigenvalue weighted by molar-refractivity contribution is 6.07. The maximum Gasteiger partial charge on any atom is 0.254 e. The van der Waals surface area contributed by atoms with Crippen molar-refractivity contribution in [3.05, 3.63) is 83.7 Å². The molecule has 2 heterocycles. The summed E-state index contributed by atoms with van der Waals surface area (Å²) in [5.41, 5.74) is 2.91. The van der Waals surface area contributed by atoms with Gasteiger partial charge >= 0.3 is 0 Å². The molecule has 1 aliphatic rings. The lowest BCUT2D eigenvalue weighted by Crippen LogP contribution is -2.49. The molecule has 1 aromatic heterocycles. The van der Waals surface area contributed by atoms with Gasteiger partial charge in [-0.3, -0.25) is 9.69 Å². The van der Waals surface area contributed by atoms with Crippen LogP contribution in [0.4, 0.5) is 0 Å². The molecule has 0 aliphatic carbocycles. The average Bonchev–Trinajstić information content (AvgIpc) is 3.34. The van der Waals surface area contributed by atoms with Gasteiger partial charge in [0, 0.05) is 37.3 Å². The van der Waals surface area contributed by atoms with Crippen LogP contribution in [0.15, 0.2) is 71.3 Å². The second-order valence-corrected chi connectivity index (χ2v) is 8.35. The van der Waals surface area contributed by atoms with Gasteiger partial charge in [-0.1, -0.05) is 71.4 Å². The van der Waals surface area contributed by atoms with Gasteiger partial charge in [0.2, 0.25) is 11.7 Å². The lowest BCUT2D eigenvalue weighted by atomic mass is 10.0. The van der Waals surface area contributed by atoms with E-state index >= 15 is 0 Å². The molecule has 1 aliphatic heterocycles. The van der Waals surface area contributed by atoms with Gasteiger partial charge in [0.1, 0.15) is 0 Å². The summed E-state index contributed by atoms with van der Waals surface area (Å²) >= 11 is 0. The highest BCUT2D eigenvalue weighted by Crippen LogP contribution is 2.25. The number of piperazine rings is 1. The first-order valence-electron chi connectivity index (χ1n) is 11.0. The topological polar surface area (TPSA) is 62.5 Å². The Morgan fingerprint density at radius 3 is 2.44 bits per heavy atom. The van der Waals surface area contributed by atoms with Crippen LogP contribution >= 0.6 is 0 Å². The average molecular weight is 427 g/mol. The Morgan fingerprint density at radius 1 is 0.938 bits per heavy atom. The summed E-state index contributed by atoms with van der Waals surface area (Å²) in [6, 6.07) is 22.0. The van der Waals surface area contributed by atoms with Crippen LogP contribution in [0.25, 0.3) is 22.2 Å². The minimum Gasteiger partial charge on any atom is -0.337 e. The largest absolute Gasteiger partial charge is 0.337 e. The Balaban J connectivity index is 1.25. The number of hydrogen-bond donors (Lipinski definition) is 0. The molecule has 5 rings (SSSR count). The molecular weight excluding hydrogens is 400 g/mol. The van der Waals surface area contributed by atoms with Crippen LogP contribution in [-0.4, -0.2) is 52.0 Å². The molecular formula is C26H26N4O2. The van der Waals surface area contributed by atoms with E-state index in [1.54, 1.807) is 0 Å². The Hall–Kier alpha value is -3.51. The summed E-state index contributed by atoms with van der Waals surface area (Å²) in [7, 11) is 0. The third-order valence-corrected chi connectivity index (χ3v) is 6.28. The van der Waals surface area contributed by atoms with Gasteiger partial charge in [0.15, 0.2) is 0 Å². The number of aromatic nitrogens is 2. The number of hydrogen-bond acceptors (Lipinski definition) is 5. The minimum atomic E-state index is -0.00324. The smallest absolute Gasteiger partial charge is 0.254 e. The van der Waals surface area contributed by atoms with E-state index in [1.165, 1.54) is 5.56 Å². The van der Waals surface area contributed by atoms with Crippen LogP contribution in [0.3, 0.4) is 0 Å². The molecule has 1 fully saturated rings. The van der Waals surface area contributed by atoms with E-state index < -0.39 is 0 Å². The summed E-state index contributed by atoms with van der Waals surface area (Å²) in [6.45, 7) is 7.00. The van der Waals surface area contributed by atoms with E-state index in [2.05, 4.69) is 28.9 Å². The first-order chi connectivity index (χ1) is 15.6. The van der Waals surface area contributed by atoms with Crippen molar-refractivity contribution in [2.24, 2.45) is 0 Å². The van der Waals surface area contributed by atoms with E-state index in [0.717, 1.165) is 35.0 Å². The molecule has 0 N–H and O–H groups in total. The SMILES string of the molecule is Cc1ccc(-c2noc([C@@H](C)N3CCN(C(=O)c4cccc5ccccc45)CC3)n2)cc1. The molecule has 6 heteroatoms. The maximum absolute atomic E-state index is 13.2. The van der Waals surface area contributed by atoms with Gasteiger partial charge in [-0.25, -0.2) is 0 Å². The fraction of sp³-hybridized carbons (Fsp3) is 0.269. The zero-order valence-corrected chi connectivity index (χ0v) is 18.4. The van der Waals surface area contributed by atoms with Crippen LogP contribution in [0.5, 0.6) is 0 Å². The molecule has 0 saturated carbocycles. The fourth-order valence-corrected chi connectivity index (χ4v) is 4.28. The van der Waals surface area contributed by atoms with Gasteiger partial charge in [0.05, 0.1) is 6.04 Å². The molecule has 3 aromatic carbocycles. The van der Waals surface area contributed by atoms with E-state index in [4.69, 9.17) is 4.52 Å². The standard InChI is InChI=1S/C26H26N4O2/c1-18-10-12-21(13-11-18)24-27-25(32-28-24)19(2)29-14-16-30(17-15-29)26(31)23-9-5-7-20-6-3-4-8-22(20)23/h3-13,19H,14-17H2,1-2H3/t19-/m1/s1. The van der Waals surface area contributed by atoms with Crippen molar-refractivity contribution in [3.63, 3.8) is 0 Å². The summed E-state index contributed by atoms with van der Waals surface area (Å²) in [5, 5.41) is 6.26. The Morgan fingerprint density at radius 2 is 1.66 bits per heavy atom. The van der Waals surface area contributed by atoms with Crippen LogP contribution in [0, 0.1) is 6.92 Å². The van der Waals surface area contributed by atoms with Crippen LogP contribution < -0.4 is 0 Å². The van der Waals surface area contributed by atoms with E-state index in [-0.39, 0.29) is 11.9 Å². The summed E-state index contributed by atoms with van der Waals surface area (Å²) in [5.74, 6) is 1.31. The first-order valence-corrected chi connectivity index (χ1v) is 11.0. The molecule has 1 amide bonds. The number of aryl methyl sites for hydroxylation is 1. The first kappa shape index (κ1) is 20.4. The number of carbonyl (C=O) groups is 1. The lowest BCUT2D eigenvalue weighted by molar-refractivity contribution is 0.0553. The van der Waals surface area contributed by atoms with Crippen molar-refractivity contribution >= 4 is 16.7 Å². The Kier molecular flexibility index (Phi) is 5.45. The number of amides is 1. The quantitative estimate of drug-likeness (QED) is 0.473. The number of rotatable bonds is 4. The molecule has 0 radical (unpaired) electrons. The van der Waals surface area contributed by atoms with Crippen molar-refractivity contribution in [2.75, 3.05) is 26.2 Å². The Bertz CT molecular complexity index is 1230. The third-order valence-electron chi connectivity index (χ3n) is 6.28. The molecule has 4 aromatic rings. The number of fused-ring (bicyclic) bond motifs is 1. The molecule has 6 nitrogen and oxygen atoms in total. The molecule has 0 unspecified atom stereocenters. The van der Waals surface area contributed by atoms with Crippen molar-refractivity contribution in [3.8, 4) is 11.4 Å². The second-order valence-electron chi connectivity index (χ2n) is 8.35. The van der Waals surface area contributed by atoms with E-state index in [0.29, 0.717) is 24.8 Å². The molecule has 32 heavy (non-hydrogen) atoms. The molecule has 0 spiro atoms. The zero-order valence-electron chi connectivity index (χ0n) is 18.4. The van der Waals surface area contributed by atoms with E-state index in [9.17, 15) is 4.79 Å². The van der Waals surface area contributed by atoms with Gasteiger partial charge in [-0.15, -0.1) is 0 Å². The fourth-order valence-electron chi connectivity index (χ4n) is 4.28. The number of nitrogens with zero attached hydrogens (tertiary/aromatic N) is 4. The van der Waals surface area contributed by atoms with Crippen molar-refractivity contribution in [2.45, 2.75) is 19.9 Å². The molecule has 1 atom stereocenters. The molecule has 0 bridgehead atoms. The Labute approximate surface area is 187 Å². The monoisotopic (exact) mass is 426 g/mol. The lowest BCUT2D eigenvalue weighted by Gasteiger charge is -2.37. The summed E-state index contributed by atoms with van der Waals surface area (Å²) in [6.07, 6.45) is 0. The van der Waals surface area contributed by atoms with Gasteiger partial charge < -0.3 is 9.42 Å². The summed E-state index contributed by atoms with van der Waals surface area (Å²) in [4.78, 5) is 22.1. The summed E-state index contributed by atoms with van der Waals surface area (Å²) < 4.78 is 5.57. The van der Waals surface area contributed by atoms with Gasteiger partial charge in [-0.05, 0) is 30.7 Å².